The van der Waals surface area contributed by atoms with Gasteiger partial charge in [0.05, 0.1) is 24.0 Å². The lowest BCUT2D eigenvalue weighted by Gasteiger charge is -2.37. The highest BCUT2D eigenvalue weighted by Gasteiger charge is 2.24. The van der Waals surface area contributed by atoms with Gasteiger partial charge in [0.1, 0.15) is 5.75 Å². The van der Waals surface area contributed by atoms with Crippen molar-refractivity contribution in [1.29, 1.82) is 0 Å². The van der Waals surface area contributed by atoms with Gasteiger partial charge >= 0.3 is 0 Å². The molecule has 0 aliphatic carbocycles. The molecule has 10 heteroatoms. The minimum Gasteiger partial charge on any atom is -0.496 e. The standard InChI is InChI=1S/C25H30BrClN4O3S/c1-15(2)11-22(32)31-9-7-30(8-10-31)21-6-5-18(27)14-20(21)28-25(35)29-24(33)19-13-17(26)12-16(3)23(19)34-4/h5-6,12-15H,7-11H2,1-4H3,(H2,28,29,33,35). The number of methoxy groups -OCH3 is 1. The molecule has 1 aliphatic rings. The molecule has 0 spiro atoms. The van der Waals surface area contributed by atoms with Crippen LogP contribution in [0.4, 0.5) is 11.4 Å². The first kappa shape index (κ1) is 27.2. The lowest BCUT2D eigenvalue weighted by Crippen LogP contribution is -2.49. The number of carbonyl (C=O) groups is 2. The van der Waals surface area contributed by atoms with E-state index in [4.69, 9.17) is 28.6 Å². The van der Waals surface area contributed by atoms with Gasteiger partial charge in [-0.25, -0.2) is 0 Å². The van der Waals surface area contributed by atoms with E-state index < -0.39 is 0 Å². The number of carbonyl (C=O) groups excluding carboxylic acids is 2. The average Bonchev–Trinajstić information content (AvgIpc) is 2.78. The molecular weight excluding hydrogens is 552 g/mol. The van der Waals surface area contributed by atoms with Gasteiger partial charge < -0.3 is 19.9 Å². The number of hydrogen-bond donors (Lipinski definition) is 2. The van der Waals surface area contributed by atoms with Gasteiger partial charge in [0, 0.05) is 42.1 Å². The number of benzene rings is 2. The maximum atomic E-state index is 12.9. The molecule has 1 aliphatic heterocycles. The topological polar surface area (TPSA) is 73.9 Å². The van der Waals surface area contributed by atoms with Crippen molar-refractivity contribution in [3.05, 3.63) is 51.0 Å². The van der Waals surface area contributed by atoms with E-state index in [1.165, 1.54) is 7.11 Å². The monoisotopic (exact) mass is 580 g/mol. The number of rotatable bonds is 6. The molecule has 0 aromatic heterocycles. The van der Waals surface area contributed by atoms with Gasteiger partial charge in [-0.05, 0) is 61.0 Å². The van der Waals surface area contributed by atoms with E-state index in [0.717, 1.165) is 15.7 Å². The third-order valence-corrected chi connectivity index (χ3v) is 6.58. The number of hydrogen-bond acceptors (Lipinski definition) is 5. The highest BCUT2D eigenvalue weighted by atomic mass is 79.9. The van der Waals surface area contributed by atoms with Gasteiger partial charge in [0.15, 0.2) is 5.11 Å². The first-order valence-electron chi connectivity index (χ1n) is 11.4. The molecule has 0 unspecified atom stereocenters. The molecule has 0 radical (unpaired) electrons. The molecule has 3 rings (SSSR count). The minimum absolute atomic E-state index is 0.143. The summed E-state index contributed by atoms with van der Waals surface area (Å²) in [5, 5.41) is 6.53. The lowest BCUT2D eigenvalue weighted by molar-refractivity contribution is -0.132. The molecule has 0 saturated carbocycles. The zero-order valence-corrected chi connectivity index (χ0v) is 23.4. The Bertz CT molecular complexity index is 1120. The normalized spacial score (nSPS) is 13.6. The summed E-state index contributed by atoms with van der Waals surface area (Å²) < 4.78 is 6.18. The average molecular weight is 582 g/mol. The SMILES string of the molecule is COc1c(C)cc(Br)cc1C(=O)NC(=S)Nc1cc(Cl)ccc1N1CCN(C(=O)CC(C)C)CC1. The van der Waals surface area contributed by atoms with Gasteiger partial charge in [-0.15, -0.1) is 0 Å². The van der Waals surface area contributed by atoms with Gasteiger partial charge in [-0.2, -0.15) is 0 Å². The van der Waals surface area contributed by atoms with Crippen LogP contribution in [0.15, 0.2) is 34.8 Å². The van der Waals surface area contributed by atoms with Crippen molar-refractivity contribution < 1.29 is 14.3 Å². The highest BCUT2D eigenvalue weighted by molar-refractivity contribution is 9.10. The van der Waals surface area contributed by atoms with Crippen LogP contribution in [-0.4, -0.2) is 55.1 Å². The second kappa shape index (κ2) is 12.1. The fourth-order valence-corrected chi connectivity index (χ4v) is 5.00. The Morgan fingerprint density at radius 3 is 2.49 bits per heavy atom. The summed E-state index contributed by atoms with van der Waals surface area (Å²) in [4.78, 5) is 29.5. The van der Waals surface area contributed by atoms with Crippen molar-refractivity contribution in [3.63, 3.8) is 0 Å². The van der Waals surface area contributed by atoms with Crippen molar-refractivity contribution in [2.45, 2.75) is 27.2 Å². The summed E-state index contributed by atoms with van der Waals surface area (Å²) >= 11 is 15.1. The van der Waals surface area contributed by atoms with E-state index in [1.807, 2.05) is 30.0 Å². The summed E-state index contributed by atoms with van der Waals surface area (Å²) in [6.45, 7) is 8.64. The molecular formula is C25H30BrClN4O3S. The zero-order valence-electron chi connectivity index (χ0n) is 20.3. The Morgan fingerprint density at radius 1 is 1.17 bits per heavy atom. The highest BCUT2D eigenvalue weighted by Crippen LogP contribution is 2.31. The molecule has 1 saturated heterocycles. The van der Waals surface area contributed by atoms with Crippen molar-refractivity contribution in [2.75, 3.05) is 43.5 Å². The number of thiocarbonyl (C=S) groups is 1. The van der Waals surface area contributed by atoms with E-state index >= 15 is 0 Å². The number of piperazine rings is 1. The first-order chi connectivity index (χ1) is 16.6. The maximum absolute atomic E-state index is 12.9. The van der Waals surface area contributed by atoms with Crippen molar-refractivity contribution in [2.24, 2.45) is 5.92 Å². The predicted octanol–water partition coefficient (Wildman–Crippen LogP) is 5.24. The fourth-order valence-electron chi connectivity index (χ4n) is 4.05. The van der Waals surface area contributed by atoms with Crippen LogP contribution >= 0.6 is 39.7 Å². The number of nitrogens with one attached hydrogen (secondary N) is 2. The van der Waals surface area contributed by atoms with Gasteiger partial charge in [-0.1, -0.05) is 41.4 Å². The fraction of sp³-hybridized carbons (Fsp3) is 0.400. The van der Waals surface area contributed by atoms with Gasteiger partial charge in [-0.3, -0.25) is 14.9 Å². The van der Waals surface area contributed by atoms with E-state index in [0.29, 0.717) is 60.5 Å². The largest absolute Gasteiger partial charge is 0.496 e. The Kier molecular flexibility index (Phi) is 9.38. The Labute approximate surface area is 225 Å². The molecule has 188 valence electrons. The molecule has 2 amide bonds. The number of halogens is 2. The Hall–Kier alpha value is -2.36. The Morgan fingerprint density at radius 2 is 1.86 bits per heavy atom. The second-order valence-electron chi connectivity index (χ2n) is 8.84. The van der Waals surface area contributed by atoms with Crippen LogP contribution in [0.3, 0.4) is 0 Å². The number of aryl methyl sites for hydroxylation is 1. The molecule has 1 heterocycles. The van der Waals surface area contributed by atoms with E-state index in [1.54, 1.807) is 12.1 Å². The van der Waals surface area contributed by atoms with Crippen LogP contribution in [-0.2, 0) is 4.79 Å². The summed E-state index contributed by atoms with van der Waals surface area (Å²) in [5.74, 6) is 0.632. The first-order valence-corrected chi connectivity index (χ1v) is 13.0. The zero-order chi connectivity index (χ0) is 25.7. The van der Waals surface area contributed by atoms with Gasteiger partial charge in [0.2, 0.25) is 5.91 Å². The Balaban J connectivity index is 1.71. The molecule has 35 heavy (non-hydrogen) atoms. The number of amides is 2. The van der Waals surface area contributed by atoms with Crippen molar-refractivity contribution in [3.8, 4) is 5.75 Å². The van der Waals surface area contributed by atoms with Crippen LogP contribution < -0.4 is 20.3 Å². The van der Waals surface area contributed by atoms with Crippen LogP contribution in [0.1, 0.15) is 36.2 Å². The predicted molar refractivity (Wildman–Crippen MR) is 149 cm³/mol. The van der Waals surface area contributed by atoms with Crippen molar-refractivity contribution in [1.82, 2.24) is 10.2 Å². The van der Waals surface area contributed by atoms with E-state index in [2.05, 4.69) is 45.3 Å². The molecule has 1 fully saturated rings. The van der Waals surface area contributed by atoms with Crippen LogP contribution in [0.25, 0.3) is 0 Å². The van der Waals surface area contributed by atoms with Crippen LogP contribution in [0.5, 0.6) is 5.75 Å². The maximum Gasteiger partial charge on any atom is 0.261 e. The summed E-state index contributed by atoms with van der Waals surface area (Å²) in [5.41, 5.74) is 2.78. The van der Waals surface area contributed by atoms with Gasteiger partial charge in [0.25, 0.3) is 5.91 Å². The molecule has 2 N–H and O–H groups in total. The van der Waals surface area contributed by atoms with E-state index in [9.17, 15) is 9.59 Å². The summed E-state index contributed by atoms with van der Waals surface area (Å²) in [6, 6.07) is 9.07. The molecule has 2 aromatic carbocycles. The third kappa shape index (κ3) is 7.08. The lowest BCUT2D eigenvalue weighted by atomic mass is 10.1. The van der Waals surface area contributed by atoms with Crippen LogP contribution in [0, 0.1) is 12.8 Å². The molecule has 0 bridgehead atoms. The summed E-state index contributed by atoms with van der Waals surface area (Å²) in [6.07, 6.45) is 0.560. The molecule has 2 aromatic rings. The quantitative estimate of drug-likeness (QED) is 0.455. The molecule has 7 nitrogen and oxygen atoms in total. The van der Waals surface area contributed by atoms with Crippen LogP contribution in [0.2, 0.25) is 5.02 Å². The van der Waals surface area contributed by atoms with E-state index in [-0.39, 0.29) is 16.9 Å². The van der Waals surface area contributed by atoms with Crippen molar-refractivity contribution >= 4 is 68.1 Å². The minimum atomic E-state index is -0.385. The number of nitrogens with zero attached hydrogens (tertiary/aromatic N) is 2. The summed E-state index contributed by atoms with van der Waals surface area (Å²) in [7, 11) is 1.53. The number of ether oxygens (including phenoxy) is 1. The molecule has 0 atom stereocenters. The second-order valence-corrected chi connectivity index (χ2v) is 10.6. The smallest absolute Gasteiger partial charge is 0.261 e. The third-order valence-electron chi connectivity index (χ3n) is 5.68. The number of anilines is 2.